The fraction of sp³-hybridized carbons (Fsp3) is 0.474. The van der Waals surface area contributed by atoms with Gasteiger partial charge in [0.2, 0.25) is 0 Å². The summed E-state index contributed by atoms with van der Waals surface area (Å²) in [6.07, 6.45) is 1.74. The normalized spacial score (nSPS) is 24.2. The first-order chi connectivity index (χ1) is 13.1. The van der Waals surface area contributed by atoms with E-state index in [0.717, 1.165) is 0 Å². The van der Waals surface area contributed by atoms with E-state index in [1.807, 2.05) is 19.9 Å². The van der Waals surface area contributed by atoms with E-state index >= 15 is 0 Å². The lowest BCUT2D eigenvalue weighted by atomic mass is 10.0. The Balaban J connectivity index is 2.24. The van der Waals surface area contributed by atoms with Crippen molar-refractivity contribution in [2.24, 2.45) is 7.05 Å². The van der Waals surface area contributed by atoms with Gasteiger partial charge in [0.05, 0.1) is 17.1 Å². The number of morpholine rings is 1. The molecule has 148 valence electrons. The van der Waals surface area contributed by atoms with Crippen molar-refractivity contribution in [3.63, 3.8) is 0 Å². The molecule has 2 fully saturated rings. The van der Waals surface area contributed by atoms with Gasteiger partial charge in [-0.25, -0.2) is 0 Å². The summed E-state index contributed by atoms with van der Waals surface area (Å²) in [5.74, 6) is 0.501. The molecule has 2 saturated heterocycles. The molecule has 0 spiro atoms. The number of aromatic nitrogens is 1. The lowest BCUT2D eigenvalue weighted by molar-refractivity contribution is -0.121. The van der Waals surface area contributed by atoms with Gasteiger partial charge in [-0.15, -0.1) is 0 Å². The molecule has 28 heavy (non-hydrogen) atoms. The third kappa shape index (κ3) is 3.48. The van der Waals surface area contributed by atoms with Crippen LogP contribution in [0.15, 0.2) is 9.70 Å². The van der Waals surface area contributed by atoms with Crippen LogP contribution >= 0.6 is 24.0 Å². The zero-order chi connectivity index (χ0) is 20.7. The molecule has 0 radical (unpaired) electrons. The summed E-state index contributed by atoms with van der Waals surface area (Å²) in [5.41, 5.74) is 0.989. The third-order valence-electron chi connectivity index (χ3n) is 4.95. The first kappa shape index (κ1) is 20.6. The van der Waals surface area contributed by atoms with Gasteiger partial charge < -0.3 is 9.64 Å². The molecule has 9 heteroatoms. The van der Waals surface area contributed by atoms with Crippen molar-refractivity contribution in [1.82, 2.24) is 9.47 Å². The number of pyridine rings is 1. The number of hydrogen-bond donors (Lipinski definition) is 0. The fourth-order valence-corrected chi connectivity index (χ4v) is 4.78. The lowest BCUT2D eigenvalue weighted by Crippen LogP contribution is -2.47. The van der Waals surface area contributed by atoms with Gasteiger partial charge in [-0.05, 0) is 32.4 Å². The Labute approximate surface area is 173 Å². The highest BCUT2D eigenvalue weighted by Gasteiger charge is 2.32. The number of thioether (sulfide) groups is 1. The summed E-state index contributed by atoms with van der Waals surface area (Å²) >= 11 is 6.44. The summed E-state index contributed by atoms with van der Waals surface area (Å²) in [4.78, 5) is 29.3. The van der Waals surface area contributed by atoms with E-state index in [0.29, 0.717) is 39.3 Å². The summed E-state index contributed by atoms with van der Waals surface area (Å²) < 4.78 is 7.80. The molecule has 1 aromatic heterocycles. The Bertz CT molecular complexity index is 982. The number of likely N-dealkylation sites (N-methyl/N-ethyl adjacent to an activating group) is 1. The Morgan fingerprint density at radius 3 is 2.36 bits per heavy atom. The van der Waals surface area contributed by atoms with Crippen LogP contribution in [0.25, 0.3) is 6.08 Å². The average Bonchev–Trinajstić information content (AvgIpc) is 2.86. The molecule has 1 amide bonds. The van der Waals surface area contributed by atoms with Crippen molar-refractivity contribution in [1.29, 1.82) is 5.26 Å². The fourth-order valence-electron chi connectivity index (χ4n) is 3.62. The van der Waals surface area contributed by atoms with E-state index in [1.165, 1.54) is 21.2 Å². The molecule has 2 aliphatic rings. The van der Waals surface area contributed by atoms with Gasteiger partial charge in [0, 0.05) is 32.7 Å². The highest BCUT2D eigenvalue weighted by Crippen LogP contribution is 2.35. The van der Waals surface area contributed by atoms with E-state index in [2.05, 4.69) is 4.90 Å². The molecular weight excluding hydrogens is 396 g/mol. The monoisotopic (exact) mass is 418 g/mol. The topological polar surface area (TPSA) is 78.6 Å². The number of amides is 1. The van der Waals surface area contributed by atoms with Crippen molar-refractivity contribution < 1.29 is 9.53 Å². The number of nitrogens with zero attached hydrogens (tertiary/aromatic N) is 4. The van der Waals surface area contributed by atoms with Gasteiger partial charge >= 0.3 is 0 Å². The minimum absolute atomic E-state index is 0.00324. The molecule has 2 aliphatic heterocycles. The smallest absolute Gasteiger partial charge is 0.270 e. The van der Waals surface area contributed by atoms with E-state index in [-0.39, 0.29) is 29.2 Å². The maximum absolute atomic E-state index is 12.8. The van der Waals surface area contributed by atoms with Crippen molar-refractivity contribution in [2.45, 2.75) is 33.0 Å². The van der Waals surface area contributed by atoms with Crippen molar-refractivity contribution in [3.8, 4) is 6.07 Å². The molecule has 7 nitrogen and oxygen atoms in total. The van der Waals surface area contributed by atoms with Crippen molar-refractivity contribution >= 4 is 46.1 Å². The summed E-state index contributed by atoms with van der Waals surface area (Å²) in [6.45, 7) is 6.94. The van der Waals surface area contributed by atoms with E-state index in [9.17, 15) is 14.9 Å². The summed E-state index contributed by atoms with van der Waals surface area (Å²) in [7, 11) is 3.30. The van der Waals surface area contributed by atoms with Gasteiger partial charge in [-0.2, -0.15) is 5.26 Å². The second-order valence-electron chi connectivity index (χ2n) is 7.12. The Morgan fingerprint density at radius 2 is 1.86 bits per heavy atom. The van der Waals surface area contributed by atoms with Crippen LogP contribution in [0.3, 0.4) is 0 Å². The first-order valence-electron chi connectivity index (χ1n) is 8.91. The molecule has 0 unspecified atom stereocenters. The van der Waals surface area contributed by atoms with Crippen LogP contribution in [0.4, 0.5) is 5.82 Å². The second kappa shape index (κ2) is 7.70. The average molecular weight is 419 g/mol. The molecular formula is C19H22N4O3S2. The second-order valence-corrected chi connectivity index (χ2v) is 8.79. The van der Waals surface area contributed by atoms with Crippen LogP contribution in [-0.2, 0) is 16.6 Å². The number of nitriles is 1. The maximum Gasteiger partial charge on any atom is 0.270 e. The zero-order valence-electron chi connectivity index (χ0n) is 16.5. The minimum Gasteiger partial charge on any atom is -0.372 e. The standard InChI is InChI=1S/C19H22N4O3S2/c1-10-8-23(9-11(2)26-10)16-13(6-15-18(25)22(5)19(27)28-15)12(3)14(7-20)17(24)21(16)4/h6,10-11H,8-9H2,1-5H3/b15-6-/t10-,11+. The number of hydrogen-bond acceptors (Lipinski definition) is 7. The summed E-state index contributed by atoms with van der Waals surface area (Å²) in [5, 5.41) is 9.51. The predicted octanol–water partition coefficient (Wildman–Crippen LogP) is 2.01. The zero-order valence-corrected chi connectivity index (χ0v) is 18.1. The number of anilines is 1. The Kier molecular flexibility index (Phi) is 5.66. The van der Waals surface area contributed by atoms with Gasteiger partial charge in [-0.1, -0.05) is 24.0 Å². The number of carbonyl (C=O) groups excluding carboxylic acids is 1. The predicted molar refractivity (Wildman–Crippen MR) is 114 cm³/mol. The van der Waals surface area contributed by atoms with Gasteiger partial charge in [0.1, 0.15) is 21.8 Å². The van der Waals surface area contributed by atoms with Crippen molar-refractivity contribution in [3.05, 3.63) is 31.9 Å². The molecule has 0 saturated carbocycles. The highest BCUT2D eigenvalue weighted by atomic mass is 32.2. The number of carbonyl (C=O) groups is 1. The van der Waals surface area contributed by atoms with Crippen LogP contribution in [0.2, 0.25) is 0 Å². The van der Waals surface area contributed by atoms with Gasteiger partial charge in [0.15, 0.2) is 0 Å². The third-order valence-corrected chi connectivity index (χ3v) is 6.43. The van der Waals surface area contributed by atoms with Gasteiger partial charge in [-0.3, -0.25) is 19.1 Å². The molecule has 3 heterocycles. The van der Waals surface area contributed by atoms with Gasteiger partial charge in [0.25, 0.3) is 11.5 Å². The van der Waals surface area contributed by atoms with Crippen LogP contribution in [0.1, 0.15) is 30.5 Å². The number of thiocarbonyl (C=S) groups is 1. The number of rotatable bonds is 2. The molecule has 3 rings (SSSR count). The van der Waals surface area contributed by atoms with E-state index < -0.39 is 0 Å². The summed E-state index contributed by atoms with van der Waals surface area (Å²) in [6, 6.07) is 2.01. The van der Waals surface area contributed by atoms with E-state index in [4.69, 9.17) is 17.0 Å². The molecule has 0 aromatic carbocycles. The number of ether oxygens (including phenoxy) is 1. The maximum atomic E-state index is 12.8. The molecule has 2 atom stereocenters. The largest absolute Gasteiger partial charge is 0.372 e. The Hall–Kier alpha value is -2.15. The SMILES string of the molecule is Cc1c(/C=C2\SC(=S)N(C)C2=O)c(N2C[C@@H](C)O[C@@H](C)C2)n(C)c(=O)c1C#N. The van der Waals surface area contributed by atoms with Crippen LogP contribution in [0.5, 0.6) is 0 Å². The quantitative estimate of drug-likeness (QED) is 0.537. The molecule has 0 aliphatic carbocycles. The highest BCUT2D eigenvalue weighted by molar-refractivity contribution is 8.26. The molecule has 1 aromatic rings. The minimum atomic E-state index is -0.345. The van der Waals surface area contributed by atoms with Crippen molar-refractivity contribution in [2.75, 3.05) is 25.0 Å². The van der Waals surface area contributed by atoms with Crippen LogP contribution in [-0.4, -0.2) is 52.0 Å². The molecule has 0 bridgehead atoms. The molecule has 0 N–H and O–H groups in total. The first-order valence-corrected chi connectivity index (χ1v) is 10.1. The Morgan fingerprint density at radius 1 is 1.25 bits per heavy atom. The lowest BCUT2D eigenvalue weighted by Gasteiger charge is -2.38. The van der Waals surface area contributed by atoms with Crippen LogP contribution < -0.4 is 10.5 Å². The van der Waals surface area contributed by atoms with E-state index in [1.54, 1.807) is 27.1 Å². The van der Waals surface area contributed by atoms with Crippen LogP contribution in [0, 0.1) is 18.3 Å².